The predicted octanol–water partition coefficient (Wildman–Crippen LogP) is 3.93. The smallest absolute Gasteiger partial charge is 0.362 e. The number of nitrogens with one attached hydrogen (secondary N) is 2. The van der Waals surface area contributed by atoms with E-state index in [2.05, 4.69) is 20.7 Å². The van der Waals surface area contributed by atoms with Crippen molar-refractivity contribution in [2.75, 3.05) is 5.32 Å². The van der Waals surface area contributed by atoms with Gasteiger partial charge in [-0.05, 0) is 23.1 Å². The Hall–Kier alpha value is -2.88. The van der Waals surface area contributed by atoms with Crippen LogP contribution in [0, 0.1) is 0 Å². The average molecular weight is 407 g/mol. The largest absolute Gasteiger partial charge is 0.410 e. The summed E-state index contributed by atoms with van der Waals surface area (Å²) in [6.07, 6.45) is -0.252. The third kappa shape index (κ3) is 3.59. The Balaban J connectivity index is 1.61. The Morgan fingerprint density at radius 3 is 2.86 bits per heavy atom. The maximum absolute atomic E-state index is 13.6. The first-order chi connectivity index (χ1) is 13.4. The third-order valence-electron chi connectivity index (χ3n) is 4.55. The molecule has 28 heavy (non-hydrogen) atoms. The molecule has 0 spiro atoms. The van der Waals surface area contributed by atoms with Gasteiger partial charge in [0.1, 0.15) is 11.4 Å². The van der Waals surface area contributed by atoms with Gasteiger partial charge in [0.15, 0.2) is 6.04 Å². The quantitative estimate of drug-likeness (QED) is 0.688. The molecule has 3 aromatic heterocycles. The molecule has 0 unspecified atom stereocenters. The fourth-order valence-electron chi connectivity index (χ4n) is 3.19. The number of amides is 1. The molecule has 0 saturated heterocycles. The standard InChI is InChI=1S/C18H16F3N5OS/c19-18(20,21)15-7-13(14-4-2-6-28-14)25-16-12(10-24-26(15)16)17(27)23-9-11-3-1-5-22-8-11/h1-6,8,10,13,15,25H,7,9H2,(H,23,27)/t13-,15-/m1/s1. The summed E-state index contributed by atoms with van der Waals surface area (Å²) in [5.74, 6) is -0.416. The number of nitrogens with zero attached hydrogens (tertiary/aromatic N) is 3. The predicted molar refractivity (Wildman–Crippen MR) is 98.0 cm³/mol. The van der Waals surface area contributed by atoms with Gasteiger partial charge >= 0.3 is 6.18 Å². The van der Waals surface area contributed by atoms with E-state index in [0.29, 0.717) is 0 Å². The lowest BCUT2D eigenvalue weighted by molar-refractivity contribution is -0.173. The first-order valence-electron chi connectivity index (χ1n) is 8.54. The van der Waals surface area contributed by atoms with Crippen LogP contribution < -0.4 is 10.6 Å². The van der Waals surface area contributed by atoms with Gasteiger partial charge in [-0.15, -0.1) is 11.3 Å². The molecule has 10 heteroatoms. The molecule has 0 bridgehead atoms. The van der Waals surface area contributed by atoms with Gasteiger partial charge in [-0.25, -0.2) is 4.68 Å². The Kier molecular flexibility index (Phi) is 4.80. The molecule has 4 heterocycles. The van der Waals surface area contributed by atoms with Gasteiger partial charge in [0.2, 0.25) is 0 Å². The lowest BCUT2D eigenvalue weighted by atomic mass is 10.0. The van der Waals surface area contributed by atoms with Crippen LogP contribution in [0.5, 0.6) is 0 Å². The number of carbonyl (C=O) groups is 1. The highest BCUT2D eigenvalue weighted by Crippen LogP contribution is 2.44. The van der Waals surface area contributed by atoms with Crippen LogP contribution >= 0.6 is 11.3 Å². The van der Waals surface area contributed by atoms with Crippen LogP contribution in [-0.2, 0) is 6.54 Å². The Bertz CT molecular complexity index is 956. The zero-order chi connectivity index (χ0) is 19.7. The van der Waals surface area contributed by atoms with E-state index >= 15 is 0 Å². The zero-order valence-electron chi connectivity index (χ0n) is 14.5. The van der Waals surface area contributed by atoms with Crippen LogP contribution in [0.2, 0.25) is 0 Å². The van der Waals surface area contributed by atoms with E-state index in [1.165, 1.54) is 17.5 Å². The highest BCUT2D eigenvalue weighted by atomic mass is 32.1. The molecular weight excluding hydrogens is 391 g/mol. The van der Waals surface area contributed by atoms with Crippen molar-refractivity contribution in [2.45, 2.75) is 31.2 Å². The molecular formula is C18H16F3N5OS. The van der Waals surface area contributed by atoms with Crippen LogP contribution in [0.1, 0.15) is 39.3 Å². The van der Waals surface area contributed by atoms with Crippen molar-refractivity contribution >= 4 is 23.1 Å². The number of hydrogen-bond donors (Lipinski definition) is 2. The summed E-state index contributed by atoms with van der Waals surface area (Å²) >= 11 is 1.37. The number of alkyl halides is 3. The van der Waals surface area contributed by atoms with Crippen LogP contribution in [0.15, 0.2) is 48.2 Å². The summed E-state index contributed by atoms with van der Waals surface area (Å²) < 4.78 is 41.7. The second kappa shape index (κ2) is 7.27. The molecule has 1 amide bonds. The first-order valence-corrected chi connectivity index (χ1v) is 9.42. The van der Waals surface area contributed by atoms with Crippen LogP contribution in [-0.4, -0.2) is 26.8 Å². The summed E-state index contributed by atoms with van der Waals surface area (Å²) in [5.41, 5.74) is 0.869. The summed E-state index contributed by atoms with van der Waals surface area (Å²) in [4.78, 5) is 17.3. The first kappa shape index (κ1) is 18.5. The number of hydrogen-bond acceptors (Lipinski definition) is 5. The van der Waals surface area contributed by atoms with Crippen molar-refractivity contribution in [1.82, 2.24) is 20.1 Å². The SMILES string of the molecule is O=C(NCc1cccnc1)c1cnn2c1N[C@@H](c1cccs1)C[C@@H]2C(F)(F)F. The monoisotopic (exact) mass is 407 g/mol. The minimum atomic E-state index is -4.47. The van der Waals surface area contributed by atoms with Crippen molar-refractivity contribution in [3.63, 3.8) is 0 Å². The van der Waals surface area contributed by atoms with E-state index in [-0.39, 0.29) is 24.3 Å². The van der Waals surface area contributed by atoms with Gasteiger partial charge in [0.05, 0.1) is 12.2 Å². The van der Waals surface area contributed by atoms with E-state index in [1.807, 2.05) is 5.38 Å². The molecule has 0 radical (unpaired) electrons. The Morgan fingerprint density at radius 1 is 1.32 bits per heavy atom. The number of thiophene rings is 1. The molecule has 2 atom stereocenters. The molecule has 0 saturated carbocycles. The average Bonchev–Trinajstić information content (AvgIpc) is 3.35. The summed E-state index contributed by atoms with van der Waals surface area (Å²) in [6, 6.07) is 4.77. The summed E-state index contributed by atoms with van der Waals surface area (Å²) in [7, 11) is 0. The highest BCUT2D eigenvalue weighted by molar-refractivity contribution is 7.10. The lowest BCUT2D eigenvalue weighted by Crippen LogP contribution is -2.36. The number of aromatic nitrogens is 3. The van der Waals surface area contributed by atoms with Gasteiger partial charge in [-0.3, -0.25) is 9.78 Å². The minimum Gasteiger partial charge on any atom is -0.362 e. The summed E-state index contributed by atoms with van der Waals surface area (Å²) in [5, 5.41) is 11.4. The zero-order valence-corrected chi connectivity index (χ0v) is 15.3. The normalized spacial score (nSPS) is 19.0. The molecule has 6 nitrogen and oxygen atoms in total. The number of fused-ring (bicyclic) bond motifs is 1. The topological polar surface area (TPSA) is 71.8 Å². The van der Waals surface area contributed by atoms with E-state index in [1.54, 1.807) is 36.7 Å². The molecule has 0 aliphatic carbocycles. The van der Waals surface area contributed by atoms with E-state index in [9.17, 15) is 18.0 Å². The van der Waals surface area contributed by atoms with E-state index in [4.69, 9.17) is 0 Å². The molecule has 1 aliphatic rings. The number of pyridine rings is 1. The van der Waals surface area contributed by atoms with Crippen molar-refractivity contribution in [3.05, 3.63) is 64.2 Å². The molecule has 0 aromatic carbocycles. The Labute approximate surface area is 162 Å². The van der Waals surface area contributed by atoms with Crippen LogP contribution in [0.4, 0.5) is 19.0 Å². The van der Waals surface area contributed by atoms with Gasteiger partial charge in [-0.1, -0.05) is 12.1 Å². The van der Waals surface area contributed by atoms with Crippen molar-refractivity contribution in [2.24, 2.45) is 0 Å². The lowest BCUT2D eigenvalue weighted by Gasteiger charge is -2.33. The minimum absolute atomic E-state index is 0.0793. The molecule has 0 fully saturated rings. The second-order valence-corrected chi connectivity index (χ2v) is 7.38. The highest BCUT2D eigenvalue weighted by Gasteiger charge is 2.47. The molecule has 3 aromatic rings. The number of anilines is 1. The third-order valence-corrected chi connectivity index (χ3v) is 5.53. The second-order valence-electron chi connectivity index (χ2n) is 6.40. The Morgan fingerprint density at radius 2 is 2.18 bits per heavy atom. The van der Waals surface area contributed by atoms with Crippen LogP contribution in [0.25, 0.3) is 0 Å². The molecule has 4 rings (SSSR count). The fourth-order valence-corrected chi connectivity index (χ4v) is 3.98. The van der Waals surface area contributed by atoms with E-state index < -0.39 is 24.2 Å². The maximum atomic E-state index is 13.6. The maximum Gasteiger partial charge on any atom is 0.410 e. The van der Waals surface area contributed by atoms with Gasteiger partial charge in [-0.2, -0.15) is 18.3 Å². The number of rotatable bonds is 4. The summed E-state index contributed by atoms with van der Waals surface area (Å²) in [6.45, 7) is 0.217. The van der Waals surface area contributed by atoms with Crippen molar-refractivity contribution in [3.8, 4) is 0 Å². The van der Waals surface area contributed by atoms with E-state index in [0.717, 1.165) is 15.1 Å². The number of carbonyl (C=O) groups excluding carboxylic acids is 1. The molecule has 1 aliphatic heterocycles. The van der Waals surface area contributed by atoms with Crippen LogP contribution in [0.3, 0.4) is 0 Å². The van der Waals surface area contributed by atoms with Gasteiger partial charge < -0.3 is 10.6 Å². The van der Waals surface area contributed by atoms with Crippen molar-refractivity contribution in [1.29, 1.82) is 0 Å². The fraction of sp³-hybridized carbons (Fsp3) is 0.278. The van der Waals surface area contributed by atoms with Gasteiger partial charge in [0, 0.05) is 30.2 Å². The molecule has 146 valence electrons. The van der Waals surface area contributed by atoms with Crippen molar-refractivity contribution < 1.29 is 18.0 Å². The molecule has 2 N–H and O–H groups in total. The van der Waals surface area contributed by atoms with Gasteiger partial charge in [0.25, 0.3) is 5.91 Å². The number of halogens is 3.